The summed E-state index contributed by atoms with van der Waals surface area (Å²) < 4.78 is 0. The summed E-state index contributed by atoms with van der Waals surface area (Å²) in [6.45, 7) is 13.7. The van der Waals surface area contributed by atoms with Crippen LogP contribution in [0.3, 0.4) is 0 Å². The smallest absolute Gasteiger partial charge is 0.0611 e. The van der Waals surface area contributed by atoms with Crippen LogP contribution in [0.5, 0.6) is 0 Å². The van der Waals surface area contributed by atoms with Gasteiger partial charge in [0.15, 0.2) is 0 Å². The lowest BCUT2D eigenvalue weighted by Gasteiger charge is -2.40. The first-order valence-corrected chi connectivity index (χ1v) is 8.76. The molecular weight excluding hydrogens is 262 g/mol. The molecule has 0 aromatic heterocycles. The van der Waals surface area contributed by atoms with Crippen LogP contribution in [0.15, 0.2) is 0 Å². The molecule has 1 rings (SSSR count). The third-order valence-corrected chi connectivity index (χ3v) is 4.88. The van der Waals surface area contributed by atoms with Gasteiger partial charge in [-0.15, -0.1) is 0 Å². The number of hydrogen-bond donors (Lipinski definition) is 2. The maximum Gasteiger partial charge on any atom is 0.0611 e. The van der Waals surface area contributed by atoms with Crippen molar-refractivity contribution in [1.82, 2.24) is 15.1 Å². The molecule has 0 aliphatic carbocycles. The first-order chi connectivity index (χ1) is 9.95. The van der Waals surface area contributed by atoms with Crippen molar-refractivity contribution in [3.63, 3.8) is 0 Å². The maximum atomic E-state index is 9.79. The second-order valence-electron chi connectivity index (χ2n) is 7.11. The van der Waals surface area contributed by atoms with Gasteiger partial charge < -0.3 is 15.3 Å². The van der Waals surface area contributed by atoms with E-state index in [2.05, 4.69) is 49.9 Å². The zero-order valence-corrected chi connectivity index (χ0v) is 14.9. The van der Waals surface area contributed by atoms with E-state index in [1.54, 1.807) is 0 Å². The van der Waals surface area contributed by atoms with Crippen LogP contribution in [-0.4, -0.2) is 72.4 Å². The van der Waals surface area contributed by atoms with Crippen molar-refractivity contribution < 1.29 is 5.11 Å². The Bertz CT molecular complexity index is 287. The second kappa shape index (κ2) is 9.09. The van der Waals surface area contributed by atoms with Gasteiger partial charge in [0, 0.05) is 24.2 Å². The fourth-order valence-corrected chi connectivity index (χ4v) is 3.59. The molecule has 3 atom stereocenters. The van der Waals surface area contributed by atoms with Gasteiger partial charge in [0.1, 0.15) is 0 Å². The van der Waals surface area contributed by atoms with Crippen molar-refractivity contribution in [2.45, 2.75) is 71.0 Å². The average molecular weight is 300 g/mol. The molecular formula is C17H37N3O. The van der Waals surface area contributed by atoms with Crippen molar-refractivity contribution in [3.8, 4) is 0 Å². The number of nitrogens with zero attached hydrogens (tertiary/aromatic N) is 2. The number of aliphatic hydroxyl groups excluding tert-OH is 1. The van der Waals surface area contributed by atoms with E-state index in [4.69, 9.17) is 0 Å². The summed E-state index contributed by atoms with van der Waals surface area (Å²) in [5.41, 5.74) is -0.161. The number of rotatable bonds is 8. The fourth-order valence-electron chi connectivity index (χ4n) is 3.59. The molecule has 1 aliphatic rings. The third kappa shape index (κ3) is 5.85. The van der Waals surface area contributed by atoms with Crippen molar-refractivity contribution in [1.29, 1.82) is 0 Å². The molecule has 4 heteroatoms. The Morgan fingerprint density at radius 2 is 2.05 bits per heavy atom. The third-order valence-electron chi connectivity index (χ3n) is 4.88. The van der Waals surface area contributed by atoms with Gasteiger partial charge in [0.05, 0.1) is 6.61 Å². The Labute approximate surface area is 131 Å². The van der Waals surface area contributed by atoms with Crippen molar-refractivity contribution in [3.05, 3.63) is 0 Å². The zero-order chi connectivity index (χ0) is 15.9. The van der Waals surface area contributed by atoms with Gasteiger partial charge in [-0.25, -0.2) is 0 Å². The van der Waals surface area contributed by atoms with E-state index >= 15 is 0 Å². The van der Waals surface area contributed by atoms with Crippen LogP contribution in [0.2, 0.25) is 0 Å². The highest BCUT2D eigenvalue weighted by molar-refractivity contribution is 4.90. The summed E-state index contributed by atoms with van der Waals surface area (Å²) in [7, 11) is 2.23. The topological polar surface area (TPSA) is 38.7 Å². The number of nitrogens with one attached hydrogen (secondary N) is 1. The van der Waals surface area contributed by atoms with E-state index in [0.29, 0.717) is 12.1 Å². The van der Waals surface area contributed by atoms with Crippen LogP contribution >= 0.6 is 0 Å². The Morgan fingerprint density at radius 1 is 1.33 bits per heavy atom. The molecule has 0 aromatic rings. The van der Waals surface area contributed by atoms with Gasteiger partial charge in [0.25, 0.3) is 0 Å². The molecule has 0 radical (unpaired) electrons. The van der Waals surface area contributed by atoms with E-state index in [9.17, 15) is 5.11 Å². The Kier molecular flexibility index (Phi) is 8.17. The van der Waals surface area contributed by atoms with Crippen LogP contribution < -0.4 is 5.32 Å². The number of aliphatic hydroxyl groups is 1. The van der Waals surface area contributed by atoms with E-state index in [0.717, 1.165) is 19.4 Å². The molecule has 0 bridgehead atoms. The van der Waals surface area contributed by atoms with Crippen molar-refractivity contribution in [2.24, 2.45) is 0 Å². The van der Waals surface area contributed by atoms with Crippen LogP contribution in [0.1, 0.15) is 53.4 Å². The normalized spacial score (nSPS) is 26.3. The standard InChI is InChI=1S/C17H37N3O/c1-6-9-18-17(4,14-21)12-15(3)20-11-8-10-19(5)13-16(20)7-2/h15-16,18,21H,6-14H2,1-5H3. The van der Waals surface area contributed by atoms with Gasteiger partial charge in [-0.2, -0.15) is 0 Å². The number of likely N-dealkylation sites (N-methyl/N-ethyl adjacent to an activating group) is 1. The molecule has 4 nitrogen and oxygen atoms in total. The Balaban J connectivity index is 2.67. The zero-order valence-electron chi connectivity index (χ0n) is 14.9. The minimum absolute atomic E-state index is 0.161. The predicted molar refractivity (Wildman–Crippen MR) is 90.8 cm³/mol. The molecule has 1 aliphatic heterocycles. The van der Waals surface area contributed by atoms with Crippen LogP contribution in [0.4, 0.5) is 0 Å². The Morgan fingerprint density at radius 3 is 2.62 bits per heavy atom. The summed E-state index contributed by atoms with van der Waals surface area (Å²) in [6.07, 6.45) is 4.56. The molecule has 3 unspecified atom stereocenters. The van der Waals surface area contributed by atoms with Gasteiger partial charge in [-0.3, -0.25) is 4.90 Å². The molecule has 0 amide bonds. The predicted octanol–water partition coefficient (Wildman–Crippen LogP) is 1.93. The van der Waals surface area contributed by atoms with Crippen LogP contribution in [0, 0.1) is 0 Å². The molecule has 1 fully saturated rings. The largest absolute Gasteiger partial charge is 0.394 e. The van der Waals surface area contributed by atoms with Crippen molar-refractivity contribution in [2.75, 3.05) is 39.8 Å². The van der Waals surface area contributed by atoms with Gasteiger partial charge in [-0.1, -0.05) is 13.8 Å². The lowest BCUT2D eigenvalue weighted by Crippen LogP contribution is -2.53. The van der Waals surface area contributed by atoms with Gasteiger partial charge in [-0.05, 0) is 66.2 Å². The minimum Gasteiger partial charge on any atom is -0.394 e. The highest BCUT2D eigenvalue weighted by atomic mass is 16.3. The fraction of sp³-hybridized carbons (Fsp3) is 1.00. The van der Waals surface area contributed by atoms with E-state index in [1.807, 2.05) is 0 Å². The molecule has 0 spiro atoms. The first-order valence-electron chi connectivity index (χ1n) is 8.76. The van der Waals surface area contributed by atoms with E-state index in [-0.39, 0.29) is 12.1 Å². The van der Waals surface area contributed by atoms with E-state index in [1.165, 1.54) is 32.5 Å². The summed E-state index contributed by atoms with van der Waals surface area (Å²) in [5.74, 6) is 0. The molecule has 1 heterocycles. The van der Waals surface area contributed by atoms with Gasteiger partial charge >= 0.3 is 0 Å². The molecule has 1 saturated heterocycles. The molecule has 0 aromatic carbocycles. The molecule has 2 N–H and O–H groups in total. The lowest BCUT2D eigenvalue weighted by molar-refractivity contribution is 0.0858. The summed E-state index contributed by atoms with van der Waals surface area (Å²) in [6, 6.07) is 1.14. The quantitative estimate of drug-likeness (QED) is 0.718. The minimum atomic E-state index is -0.161. The molecule has 21 heavy (non-hydrogen) atoms. The second-order valence-corrected chi connectivity index (χ2v) is 7.11. The average Bonchev–Trinajstić information content (AvgIpc) is 2.66. The first kappa shape index (κ1) is 18.9. The van der Waals surface area contributed by atoms with Crippen LogP contribution in [-0.2, 0) is 0 Å². The Hall–Kier alpha value is -0.160. The summed E-state index contributed by atoms with van der Waals surface area (Å²) in [4.78, 5) is 5.13. The molecule has 0 saturated carbocycles. The highest BCUT2D eigenvalue weighted by Gasteiger charge is 2.31. The molecule has 126 valence electrons. The van der Waals surface area contributed by atoms with Crippen LogP contribution in [0.25, 0.3) is 0 Å². The van der Waals surface area contributed by atoms with Crippen molar-refractivity contribution >= 4 is 0 Å². The monoisotopic (exact) mass is 299 g/mol. The van der Waals surface area contributed by atoms with E-state index < -0.39 is 0 Å². The summed E-state index contributed by atoms with van der Waals surface area (Å²) in [5, 5.41) is 13.3. The van der Waals surface area contributed by atoms with Gasteiger partial charge in [0.2, 0.25) is 0 Å². The SMILES string of the molecule is CCCNC(C)(CO)CC(C)N1CCCN(C)CC1CC. The number of hydrogen-bond acceptors (Lipinski definition) is 4. The highest BCUT2D eigenvalue weighted by Crippen LogP contribution is 2.21. The summed E-state index contributed by atoms with van der Waals surface area (Å²) >= 11 is 0. The lowest BCUT2D eigenvalue weighted by atomic mass is 9.92. The maximum absolute atomic E-state index is 9.79.